The summed E-state index contributed by atoms with van der Waals surface area (Å²) in [5.74, 6) is -0.203. The van der Waals surface area contributed by atoms with Crippen LogP contribution in [-0.2, 0) is 26.0 Å². The summed E-state index contributed by atoms with van der Waals surface area (Å²) in [5.41, 5.74) is 2.51. The average molecular weight is 404 g/mol. The quantitative estimate of drug-likeness (QED) is 0.741. The highest BCUT2D eigenvalue weighted by molar-refractivity contribution is 7.89. The zero-order chi connectivity index (χ0) is 20.0. The van der Waals surface area contributed by atoms with Crippen LogP contribution in [0.5, 0.6) is 0 Å². The maximum Gasteiger partial charge on any atom is 0.243 e. The highest BCUT2D eigenvalue weighted by atomic mass is 32.2. The molecular weight excluding hydrogens is 378 g/mol. The fourth-order valence-electron chi connectivity index (χ4n) is 2.91. The lowest BCUT2D eigenvalue weighted by atomic mass is 10.1. The van der Waals surface area contributed by atoms with Crippen molar-refractivity contribution in [3.8, 4) is 0 Å². The molecule has 2 N–H and O–H groups in total. The molecule has 1 amide bonds. The molecule has 0 aromatic heterocycles. The first kappa shape index (κ1) is 20.3. The Bertz CT molecular complexity index is 907. The monoisotopic (exact) mass is 403 g/mol. The number of carbonyl (C=O) groups excluding carboxylic acids is 1. The van der Waals surface area contributed by atoms with Crippen LogP contribution in [0, 0.1) is 0 Å². The predicted octanol–water partition coefficient (Wildman–Crippen LogP) is 2.32. The number of morpholine rings is 1. The minimum Gasteiger partial charge on any atom is -0.379 e. The van der Waals surface area contributed by atoms with Crippen molar-refractivity contribution in [3.05, 3.63) is 54.1 Å². The van der Waals surface area contributed by atoms with Crippen LogP contribution in [0.25, 0.3) is 0 Å². The van der Waals surface area contributed by atoms with E-state index in [1.165, 1.54) is 9.87 Å². The Balaban J connectivity index is 1.60. The van der Waals surface area contributed by atoms with E-state index >= 15 is 0 Å². The predicted molar refractivity (Wildman–Crippen MR) is 109 cm³/mol. The fraction of sp³-hybridized carbons (Fsp3) is 0.350. The highest BCUT2D eigenvalue weighted by Crippen LogP contribution is 2.20. The summed E-state index contributed by atoms with van der Waals surface area (Å²) in [5, 5.41) is 5.80. The number of sulfonamides is 1. The van der Waals surface area contributed by atoms with Gasteiger partial charge in [0.2, 0.25) is 15.9 Å². The van der Waals surface area contributed by atoms with Gasteiger partial charge >= 0.3 is 0 Å². The molecule has 0 aliphatic carbocycles. The van der Waals surface area contributed by atoms with Crippen molar-refractivity contribution in [3.63, 3.8) is 0 Å². The van der Waals surface area contributed by atoms with Crippen LogP contribution in [0.1, 0.15) is 12.5 Å². The molecule has 1 aliphatic rings. The number of carbonyl (C=O) groups is 1. The number of hydrogen-bond donors (Lipinski definition) is 2. The molecule has 2 aromatic carbocycles. The van der Waals surface area contributed by atoms with Gasteiger partial charge in [0.15, 0.2) is 0 Å². The maximum absolute atomic E-state index is 12.7. The van der Waals surface area contributed by atoms with E-state index < -0.39 is 10.0 Å². The van der Waals surface area contributed by atoms with Gasteiger partial charge in [-0.3, -0.25) is 4.79 Å². The number of rotatable bonds is 7. The Morgan fingerprint density at radius 1 is 1.07 bits per heavy atom. The van der Waals surface area contributed by atoms with Crippen molar-refractivity contribution in [2.24, 2.45) is 0 Å². The first-order chi connectivity index (χ1) is 13.5. The molecule has 0 saturated carbocycles. The molecule has 1 heterocycles. The Morgan fingerprint density at radius 3 is 2.46 bits per heavy atom. The van der Waals surface area contributed by atoms with E-state index in [-0.39, 0.29) is 17.3 Å². The van der Waals surface area contributed by atoms with Crippen LogP contribution in [-0.4, -0.2) is 51.5 Å². The van der Waals surface area contributed by atoms with Crippen molar-refractivity contribution in [1.29, 1.82) is 0 Å². The number of ether oxygens (including phenoxy) is 1. The Kier molecular flexibility index (Phi) is 6.66. The third-order valence-corrected chi connectivity index (χ3v) is 6.44. The molecule has 0 radical (unpaired) electrons. The molecule has 1 saturated heterocycles. The van der Waals surface area contributed by atoms with Crippen LogP contribution in [0.4, 0.5) is 11.4 Å². The van der Waals surface area contributed by atoms with Gasteiger partial charge in [-0.2, -0.15) is 4.31 Å². The minimum absolute atomic E-state index is 0.0383. The molecule has 8 heteroatoms. The molecule has 0 bridgehead atoms. The Labute approximate surface area is 165 Å². The number of nitrogens with zero attached hydrogens (tertiary/aromatic N) is 1. The van der Waals surface area contributed by atoms with E-state index in [1.807, 2.05) is 24.3 Å². The molecular formula is C20H25N3O4S. The van der Waals surface area contributed by atoms with E-state index in [2.05, 4.69) is 17.6 Å². The van der Waals surface area contributed by atoms with Gasteiger partial charge in [0.1, 0.15) is 0 Å². The van der Waals surface area contributed by atoms with Gasteiger partial charge in [-0.05, 0) is 42.3 Å². The Morgan fingerprint density at radius 2 is 1.79 bits per heavy atom. The van der Waals surface area contributed by atoms with Crippen molar-refractivity contribution < 1.29 is 17.9 Å². The summed E-state index contributed by atoms with van der Waals surface area (Å²) in [4.78, 5) is 12.4. The van der Waals surface area contributed by atoms with E-state index in [4.69, 9.17) is 4.74 Å². The van der Waals surface area contributed by atoms with Crippen molar-refractivity contribution in [2.45, 2.75) is 18.2 Å². The summed E-state index contributed by atoms with van der Waals surface area (Å²) < 4.78 is 32.1. The second kappa shape index (κ2) is 9.18. The molecule has 28 heavy (non-hydrogen) atoms. The normalized spacial score (nSPS) is 15.2. The van der Waals surface area contributed by atoms with Crippen molar-refractivity contribution in [1.82, 2.24) is 4.31 Å². The van der Waals surface area contributed by atoms with Crippen molar-refractivity contribution >= 4 is 27.3 Å². The first-order valence-corrected chi connectivity index (χ1v) is 10.7. The summed E-state index contributed by atoms with van der Waals surface area (Å²) in [6.45, 7) is 3.60. The average Bonchev–Trinajstić information content (AvgIpc) is 2.74. The zero-order valence-electron chi connectivity index (χ0n) is 15.8. The van der Waals surface area contributed by atoms with Gasteiger partial charge in [-0.15, -0.1) is 0 Å². The molecule has 1 fully saturated rings. The molecule has 0 spiro atoms. The standard InChI is InChI=1S/C20H25N3O4S/c1-2-16-6-8-17(9-7-16)22-20(24)15-21-18-4-3-5-19(14-18)28(25,26)23-10-12-27-13-11-23/h3-9,14,21H,2,10-13,15H2,1H3,(H,22,24). The maximum atomic E-state index is 12.7. The lowest BCUT2D eigenvalue weighted by molar-refractivity contribution is -0.114. The van der Waals surface area contributed by atoms with E-state index in [0.717, 1.165) is 12.1 Å². The summed E-state index contributed by atoms with van der Waals surface area (Å²) in [6.07, 6.45) is 0.944. The summed E-state index contributed by atoms with van der Waals surface area (Å²) in [6, 6.07) is 14.2. The van der Waals surface area contributed by atoms with Gasteiger partial charge in [-0.1, -0.05) is 25.1 Å². The highest BCUT2D eigenvalue weighted by Gasteiger charge is 2.26. The van der Waals surface area contributed by atoms with Gasteiger partial charge in [0.25, 0.3) is 0 Å². The number of aryl methyl sites for hydroxylation is 1. The molecule has 0 atom stereocenters. The van der Waals surface area contributed by atoms with E-state index in [0.29, 0.717) is 32.0 Å². The van der Waals surface area contributed by atoms with Crippen molar-refractivity contribution in [2.75, 3.05) is 43.5 Å². The van der Waals surface area contributed by atoms with Gasteiger partial charge in [0, 0.05) is 24.5 Å². The molecule has 7 nitrogen and oxygen atoms in total. The van der Waals surface area contributed by atoms with Gasteiger partial charge in [0.05, 0.1) is 24.7 Å². The fourth-order valence-corrected chi connectivity index (χ4v) is 4.37. The topological polar surface area (TPSA) is 87.7 Å². The second-order valence-corrected chi connectivity index (χ2v) is 8.43. The molecule has 1 aliphatic heterocycles. The van der Waals surface area contributed by atoms with E-state index in [1.54, 1.807) is 24.3 Å². The molecule has 150 valence electrons. The van der Waals surface area contributed by atoms with Gasteiger partial charge in [-0.25, -0.2) is 8.42 Å². The lowest BCUT2D eigenvalue weighted by Crippen LogP contribution is -2.40. The van der Waals surface area contributed by atoms with E-state index in [9.17, 15) is 13.2 Å². The minimum atomic E-state index is -3.57. The second-order valence-electron chi connectivity index (χ2n) is 6.50. The largest absolute Gasteiger partial charge is 0.379 e. The molecule has 0 unspecified atom stereocenters. The first-order valence-electron chi connectivity index (χ1n) is 9.29. The SMILES string of the molecule is CCc1ccc(NC(=O)CNc2cccc(S(=O)(=O)N3CCOCC3)c2)cc1. The number of nitrogens with one attached hydrogen (secondary N) is 2. The summed E-state index contributed by atoms with van der Waals surface area (Å²) >= 11 is 0. The van der Waals surface area contributed by atoms with Crippen LogP contribution in [0.3, 0.4) is 0 Å². The number of benzene rings is 2. The van der Waals surface area contributed by atoms with Crippen LogP contribution in [0.15, 0.2) is 53.4 Å². The lowest BCUT2D eigenvalue weighted by Gasteiger charge is -2.26. The number of amides is 1. The van der Waals surface area contributed by atoms with Crippen LogP contribution >= 0.6 is 0 Å². The Hall–Kier alpha value is -2.42. The van der Waals surface area contributed by atoms with Crippen LogP contribution in [0.2, 0.25) is 0 Å². The third-order valence-electron chi connectivity index (χ3n) is 4.54. The smallest absolute Gasteiger partial charge is 0.243 e. The summed E-state index contributed by atoms with van der Waals surface area (Å²) in [7, 11) is -3.57. The molecule has 3 rings (SSSR count). The molecule has 2 aromatic rings. The zero-order valence-corrected chi connectivity index (χ0v) is 16.7. The van der Waals surface area contributed by atoms with Gasteiger partial charge < -0.3 is 15.4 Å². The third kappa shape index (κ3) is 5.09. The number of anilines is 2. The van der Waals surface area contributed by atoms with Crippen LogP contribution < -0.4 is 10.6 Å². The number of hydrogen-bond acceptors (Lipinski definition) is 5.